The molecule has 1 aliphatic rings. The number of rotatable bonds is 4. The smallest absolute Gasteiger partial charge is 0.358 e. The SMILES string of the molecule is CCOC(=O)C1=C(C)NC(C)(c2ccccc2)N1OC. The summed E-state index contributed by atoms with van der Waals surface area (Å²) in [6.07, 6.45) is 0. The quantitative estimate of drug-likeness (QED) is 0.854. The third kappa shape index (κ3) is 2.25. The molecule has 1 atom stereocenters. The zero-order chi connectivity index (χ0) is 14.8. The lowest BCUT2D eigenvalue weighted by Crippen LogP contribution is -2.47. The number of carbonyl (C=O) groups excluding carboxylic acids is 1. The summed E-state index contributed by atoms with van der Waals surface area (Å²) in [5, 5.41) is 4.88. The van der Waals surface area contributed by atoms with Gasteiger partial charge in [-0.3, -0.25) is 4.84 Å². The van der Waals surface area contributed by atoms with Crippen LogP contribution in [0.15, 0.2) is 41.7 Å². The molecule has 5 heteroatoms. The lowest BCUT2D eigenvalue weighted by Gasteiger charge is -2.36. The Kier molecular flexibility index (Phi) is 3.99. The minimum Gasteiger partial charge on any atom is -0.461 e. The van der Waals surface area contributed by atoms with E-state index in [1.807, 2.05) is 44.2 Å². The lowest BCUT2D eigenvalue weighted by atomic mass is 10.0. The zero-order valence-electron chi connectivity index (χ0n) is 12.3. The van der Waals surface area contributed by atoms with E-state index < -0.39 is 5.66 Å². The van der Waals surface area contributed by atoms with E-state index in [4.69, 9.17) is 9.57 Å². The molecule has 0 bridgehead atoms. The topological polar surface area (TPSA) is 50.8 Å². The van der Waals surface area contributed by atoms with Crippen LogP contribution in [0.1, 0.15) is 26.3 Å². The maximum atomic E-state index is 12.1. The molecule has 0 aliphatic carbocycles. The molecule has 1 heterocycles. The molecule has 1 N–H and O–H groups in total. The zero-order valence-corrected chi connectivity index (χ0v) is 12.3. The number of allylic oxidation sites excluding steroid dienone is 1. The molecule has 0 amide bonds. The molecule has 0 saturated heterocycles. The van der Waals surface area contributed by atoms with Crippen LogP contribution in [0.3, 0.4) is 0 Å². The van der Waals surface area contributed by atoms with Crippen LogP contribution < -0.4 is 5.32 Å². The molecule has 0 aromatic heterocycles. The van der Waals surface area contributed by atoms with Crippen molar-refractivity contribution in [3.05, 3.63) is 47.3 Å². The van der Waals surface area contributed by atoms with Gasteiger partial charge in [-0.25, -0.2) is 9.86 Å². The second-order valence-electron chi connectivity index (χ2n) is 4.73. The van der Waals surface area contributed by atoms with Gasteiger partial charge in [0.25, 0.3) is 0 Å². The van der Waals surface area contributed by atoms with Crippen LogP contribution in [0.25, 0.3) is 0 Å². The molecule has 5 nitrogen and oxygen atoms in total. The predicted molar refractivity (Wildman–Crippen MR) is 75.1 cm³/mol. The van der Waals surface area contributed by atoms with E-state index >= 15 is 0 Å². The van der Waals surface area contributed by atoms with E-state index in [1.165, 1.54) is 0 Å². The van der Waals surface area contributed by atoms with E-state index in [-0.39, 0.29) is 5.97 Å². The van der Waals surface area contributed by atoms with Crippen molar-refractivity contribution in [1.29, 1.82) is 0 Å². The lowest BCUT2D eigenvalue weighted by molar-refractivity contribution is -0.182. The molecule has 1 aromatic rings. The van der Waals surface area contributed by atoms with Crippen molar-refractivity contribution in [3.8, 4) is 0 Å². The second kappa shape index (κ2) is 5.54. The van der Waals surface area contributed by atoms with Crippen LogP contribution in [0.5, 0.6) is 0 Å². The summed E-state index contributed by atoms with van der Waals surface area (Å²) in [6.45, 7) is 5.91. The minimum absolute atomic E-state index is 0.329. The fraction of sp³-hybridized carbons (Fsp3) is 0.400. The van der Waals surface area contributed by atoms with E-state index in [2.05, 4.69) is 5.32 Å². The van der Waals surface area contributed by atoms with Crippen LogP contribution in [0.4, 0.5) is 0 Å². The second-order valence-corrected chi connectivity index (χ2v) is 4.73. The third-order valence-corrected chi connectivity index (χ3v) is 3.38. The van der Waals surface area contributed by atoms with Crippen LogP contribution in [-0.2, 0) is 20.0 Å². The highest BCUT2D eigenvalue weighted by Gasteiger charge is 2.45. The van der Waals surface area contributed by atoms with Crippen LogP contribution in [0.2, 0.25) is 0 Å². The highest BCUT2D eigenvalue weighted by atomic mass is 16.7. The van der Waals surface area contributed by atoms with E-state index in [1.54, 1.807) is 19.1 Å². The average Bonchev–Trinajstić information content (AvgIpc) is 2.71. The van der Waals surface area contributed by atoms with E-state index in [9.17, 15) is 4.79 Å². The Labute approximate surface area is 119 Å². The molecule has 108 valence electrons. The highest BCUT2D eigenvalue weighted by Crippen LogP contribution is 2.36. The molecular weight excluding hydrogens is 256 g/mol. The summed E-state index contributed by atoms with van der Waals surface area (Å²) in [5.41, 5.74) is 1.50. The van der Waals surface area contributed by atoms with E-state index in [0.717, 1.165) is 11.3 Å². The first kappa shape index (κ1) is 14.4. The minimum atomic E-state index is -0.637. The molecular formula is C15H20N2O3. The standard InChI is InChI=1S/C15H20N2O3/c1-5-20-14(18)13-11(2)16-15(3,17(13)19-4)12-9-7-6-8-10-12/h6-10,16H,5H2,1-4H3. The van der Waals surface area contributed by atoms with Gasteiger partial charge in [-0.05, 0) is 26.3 Å². The Balaban J connectivity index is 2.39. The molecule has 0 spiro atoms. The predicted octanol–water partition coefficient (Wildman–Crippen LogP) is 2.12. The van der Waals surface area contributed by atoms with Crippen molar-refractivity contribution < 1.29 is 14.4 Å². The Morgan fingerprint density at radius 2 is 2.00 bits per heavy atom. The van der Waals surface area contributed by atoms with Gasteiger partial charge in [0, 0.05) is 5.70 Å². The molecule has 0 fully saturated rings. The Morgan fingerprint density at radius 1 is 1.35 bits per heavy atom. The first-order valence-electron chi connectivity index (χ1n) is 6.60. The normalized spacial score (nSPS) is 21.9. The van der Waals surface area contributed by atoms with Gasteiger partial charge in [0.05, 0.1) is 13.7 Å². The van der Waals surface area contributed by atoms with Crippen molar-refractivity contribution in [2.24, 2.45) is 0 Å². The number of ether oxygens (including phenoxy) is 1. The molecule has 20 heavy (non-hydrogen) atoms. The largest absolute Gasteiger partial charge is 0.461 e. The van der Waals surface area contributed by atoms with Crippen molar-refractivity contribution in [3.63, 3.8) is 0 Å². The number of nitrogens with zero attached hydrogens (tertiary/aromatic N) is 1. The molecule has 2 rings (SSSR count). The van der Waals surface area contributed by atoms with Crippen LogP contribution in [-0.4, -0.2) is 24.7 Å². The molecule has 1 aromatic carbocycles. The van der Waals surface area contributed by atoms with Crippen molar-refractivity contribution in [1.82, 2.24) is 10.4 Å². The Hall–Kier alpha value is -2.01. The van der Waals surface area contributed by atoms with Crippen molar-refractivity contribution in [2.75, 3.05) is 13.7 Å². The number of carbonyl (C=O) groups is 1. The third-order valence-electron chi connectivity index (χ3n) is 3.38. The maximum Gasteiger partial charge on any atom is 0.358 e. The summed E-state index contributed by atoms with van der Waals surface area (Å²) in [7, 11) is 1.54. The van der Waals surface area contributed by atoms with Gasteiger partial charge in [0.2, 0.25) is 0 Å². The van der Waals surface area contributed by atoms with Gasteiger partial charge in [-0.1, -0.05) is 30.3 Å². The highest BCUT2D eigenvalue weighted by molar-refractivity contribution is 5.89. The number of hydroxylamine groups is 2. The first-order valence-corrected chi connectivity index (χ1v) is 6.60. The van der Waals surface area contributed by atoms with Crippen molar-refractivity contribution in [2.45, 2.75) is 26.4 Å². The summed E-state index contributed by atoms with van der Waals surface area (Å²) in [5.74, 6) is -0.390. The first-order chi connectivity index (χ1) is 9.54. The van der Waals surface area contributed by atoms with Gasteiger partial charge in [0.15, 0.2) is 11.4 Å². The van der Waals surface area contributed by atoms with Gasteiger partial charge >= 0.3 is 5.97 Å². The summed E-state index contributed by atoms with van der Waals surface area (Å²) < 4.78 is 5.10. The average molecular weight is 276 g/mol. The molecule has 1 aliphatic heterocycles. The Bertz CT molecular complexity index is 527. The summed E-state index contributed by atoms with van der Waals surface area (Å²) >= 11 is 0. The number of hydrogen-bond acceptors (Lipinski definition) is 5. The number of nitrogens with one attached hydrogen (secondary N) is 1. The summed E-state index contributed by atoms with van der Waals surface area (Å²) in [6, 6.07) is 9.83. The van der Waals surface area contributed by atoms with Gasteiger partial charge in [-0.2, -0.15) is 0 Å². The van der Waals surface area contributed by atoms with Gasteiger partial charge in [0.1, 0.15) is 0 Å². The van der Waals surface area contributed by atoms with Crippen LogP contribution >= 0.6 is 0 Å². The molecule has 1 unspecified atom stereocenters. The van der Waals surface area contributed by atoms with Crippen LogP contribution in [0, 0.1) is 0 Å². The molecule has 0 saturated carbocycles. The number of esters is 1. The van der Waals surface area contributed by atoms with Gasteiger partial charge in [-0.15, -0.1) is 0 Å². The number of hydrogen-bond donors (Lipinski definition) is 1. The molecule has 0 radical (unpaired) electrons. The fourth-order valence-electron chi connectivity index (χ4n) is 2.51. The van der Waals surface area contributed by atoms with Gasteiger partial charge < -0.3 is 10.1 Å². The number of benzene rings is 1. The monoisotopic (exact) mass is 276 g/mol. The van der Waals surface area contributed by atoms with Crippen molar-refractivity contribution >= 4 is 5.97 Å². The maximum absolute atomic E-state index is 12.1. The fourth-order valence-corrected chi connectivity index (χ4v) is 2.51. The summed E-state index contributed by atoms with van der Waals surface area (Å²) in [4.78, 5) is 17.5. The van der Waals surface area contributed by atoms with E-state index in [0.29, 0.717) is 12.3 Å². The Morgan fingerprint density at radius 3 is 2.55 bits per heavy atom.